The molecule has 1 fully saturated rings. The van der Waals surface area contributed by atoms with Crippen molar-refractivity contribution in [3.63, 3.8) is 0 Å². The van der Waals surface area contributed by atoms with Crippen LogP contribution in [0.5, 0.6) is 0 Å². The Morgan fingerprint density at radius 3 is 2.67 bits per heavy atom. The molecule has 1 aromatic rings. The molecule has 0 atom stereocenters. The molecule has 5 nitrogen and oxygen atoms in total. The molecule has 0 saturated carbocycles. The van der Waals surface area contributed by atoms with Crippen LogP contribution in [0.3, 0.4) is 0 Å². The second-order valence-corrected chi connectivity index (χ2v) is 3.55. The largest absolute Gasteiger partial charge is 0.382 e. The molecule has 1 aromatic carbocycles. The number of rotatable bonds is 2. The van der Waals surface area contributed by atoms with Crippen molar-refractivity contribution < 1.29 is 14.4 Å². The number of nitrogens with one attached hydrogen (secondary N) is 1. The van der Waals surface area contributed by atoms with Gasteiger partial charge in [-0.2, -0.15) is 0 Å². The maximum absolute atomic E-state index is 12.9. The molecule has 80 valence electrons. The van der Waals surface area contributed by atoms with E-state index >= 15 is 0 Å². The summed E-state index contributed by atoms with van der Waals surface area (Å²) in [5.41, 5.74) is -1.53. The van der Waals surface area contributed by atoms with Crippen molar-refractivity contribution >= 4 is 5.69 Å². The third-order valence-corrected chi connectivity index (χ3v) is 2.49. The monoisotopic (exact) mass is 212 g/mol. The fourth-order valence-electron chi connectivity index (χ4n) is 1.59. The Hall–Kier alpha value is -1.53. The number of hydrogen-bond acceptors (Lipinski definition) is 4. The molecule has 0 unspecified atom stereocenters. The summed E-state index contributed by atoms with van der Waals surface area (Å²) in [6, 6.07) is 3.09. The number of hydrogen-bond donors (Lipinski definition) is 2. The van der Waals surface area contributed by atoms with Gasteiger partial charge in [0.15, 0.2) is 0 Å². The number of benzene rings is 1. The van der Waals surface area contributed by atoms with Crippen molar-refractivity contribution in [1.82, 2.24) is 5.32 Å². The summed E-state index contributed by atoms with van der Waals surface area (Å²) in [6.45, 7) is 0.411. The zero-order valence-corrected chi connectivity index (χ0v) is 7.74. The van der Waals surface area contributed by atoms with Crippen LogP contribution in [0.2, 0.25) is 0 Å². The molecule has 2 rings (SSSR count). The summed E-state index contributed by atoms with van der Waals surface area (Å²) >= 11 is 0. The fourth-order valence-corrected chi connectivity index (χ4v) is 1.59. The number of β-amino-alcohol motifs (C(OH)–C–C–N with tert-alkyl or cyclic N) is 1. The zero-order chi connectivity index (χ0) is 11.1. The second-order valence-electron chi connectivity index (χ2n) is 3.55. The molecular formula is C9H9FN2O3. The standard InChI is InChI=1S/C9H9FN2O3/c10-6-1-2-8(12(14)15)7(3-6)9(13)4-11-5-9/h1-3,11,13H,4-5H2. The van der Waals surface area contributed by atoms with Crippen molar-refractivity contribution in [3.05, 3.63) is 39.7 Å². The Balaban J connectivity index is 2.52. The van der Waals surface area contributed by atoms with Crippen LogP contribution in [0.15, 0.2) is 18.2 Å². The average molecular weight is 212 g/mol. The van der Waals surface area contributed by atoms with E-state index in [9.17, 15) is 19.6 Å². The van der Waals surface area contributed by atoms with Crippen molar-refractivity contribution in [2.75, 3.05) is 13.1 Å². The van der Waals surface area contributed by atoms with E-state index in [2.05, 4.69) is 5.32 Å². The molecule has 0 radical (unpaired) electrons. The van der Waals surface area contributed by atoms with Crippen molar-refractivity contribution in [1.29, 1.82) is 0 Å². The SMILES string of the molecule is O=[N+]([O-])c1ccc(F)cc1C1(O)CNC1. The zero-order valence-electron chi connectivity index (χ0n) is 7.74. The van der Waals surface area contributed by atoms with Gasteiger partial charge in [0.2, 0.25) is 0 Å². The molecule has 0 aromatic heterocycles. The maximum Gasteiger partial charge on any atom is 0.275 e. The number of halogens is 1. The van der Waals surface area contributed by atoms with Gasteiger partial charge in [-0.05, 0) is 12.1 Å². The Morgan fingerprint density at radius 1 is 1.53 bits per heavy atom. The minimum Gasteiger partial charge on any atom is -0.382 e. The van der Waals surface area contributed by atoms with E-state index < -0.39 is 16.3 Å². The minimum absolute atomic E-state index is 0.0336. The second kappa shape index (κ2) is 3.25. The van der Waals surface area contributed by atoms with Gasteiger partial charge in [-0.1, -0.05) is 0 Å². The summed E-state index contributed by atoms with van der Waals surface area (Å²) in [5.74, 6) is -0.587. The van der Waals surface area contributed by atoms with Crippen molar-refractivity contribution in [2.45, 2.75) is 5.60 Å². The smallest absolute Gasteiger partial charge is 0.275 e. The summed E-state index contributed by atoms with van der Waals surface area (Å²) < 4.78 is 12.9. The van der Waals surface area contributed by atoms with E-state index in [1.54, 1.807) is 0 Å². The summed E-state index contributed by atoms with van der Waals surface area (Å²) in [7, 11) is 0. The topological polar surface area (TPSA) is 75.4 Å². The van der Waals surface area contributed by atoms with Crippen LogP contribution in [-0.4, -0.2) is 23.1 Å². The van der Waals surface area contributed by atoms with E-state index in [0.717, 1.165) is 18.2 Å². The van der Waals surface area contributed by atoms with Gasteiger partial charge >= 0.3 is 0 Å². The third-order valence-electron chi connectivity index (χ3n) is 2.49. The lowest BCUT2D eigenvalue weighted by Gasteiger charge is -2.37. The molecule has 1 aliphatic rings. The van der Waals surface area contributed by atoms with Crippen molar-refractivity contribution in [3.8, 4) is 0 Å². The van der Waals surface area contributed by atoms with Crippen LogP contribution in [-0.2, 0) is 5.60 Å². The van der Waals surface area contributed by atoms with E-state index in [1.165, 1.54) is 0 Å². The van der Waals surface area contributed by atoms with Gasteiger partial charge in [0.25, 0.3) is 5.69 Å². The Labute approximate surface area is 84.7 Å². The molecular weight excluding hydrogens is 203 g/mol. The first kappa shape index (κ1) is 10.0. The van der Waals surface area contributed by atoms with Gasteiger partial charge in [0, 0.05) is 19.2 Å². The van der Waals surface area contributed by atoms with Crippen molar-refractivity contribution in [2.24, 2.45) is 0 Å². The molecule has 15 heavy (non-hydrogen) atoms. The molecule has 0 spiro atoms. The lowest BCUT2D eigenvalue weighted by Crippen LogP contribution is -2.57. The lowest BCUT2D eigenvalue weighted by atomic mass is 9.87. The lowest BCUT2D eigenvalue weighted by molar-refractivity contribution is -0.387. The molecule has 0 amide bonds. The molecule has 1 aliphatic heterocycles. The highest BCUT2D eigenvalue weighted by Gasteiger charge is 2.41. The molecule has 0 aliphatic carbocycles. The summed E-state index contributed by atoms with van der Waals surface area (Å²) in [6.07, 6.45) is 0. The van der Waals surface area contributed by atoms with Gasteiger partial charge < -0.3 is 10.4 Å². The Kier molecular flexibility index (Phi) is 2.17. The number of nitrogens with zero attached hydrogens (tertiary/aromatic N) is 1. The quantitative estimate of drug-likeness (QED) is 0.553. The first-order chi connectivity index (χ1) is 7.03. The molecule has 2 N–H and O–H groups in total. The predicted molar refractivity (Wildman–Crippen MR) is 49.8 cm³/mol. The van der Waals surface area contributed by atoms with Crippen LogP contribution in [0, 0.1) is 15.9 Å². The Bertz CT molecular complexity index is 418. The number of nitro groups is 1. The van der Waals surface area contributed by atoms with Crippen LogP contribution in [0.25, 0.3) is 0 Å². The summed E-state index contributed by atoms with van der Waals surface area (Å²) in [4.78, 5) is 10.1. The normalized spacial score (nSPS) is 18.3. The highest BCUT2D eigenvalue weighted by Crippen LogP contribution is 2.33. The number of nitro benzene ring substituents is 1. The molecule has 1 heterocycles. The van der Waals surface area contributed by atoms with E-state index in [4.69, 9.17) is 0 Å². The third kappa shape index (κ3) is 1.57. The minimum atomic E-state index is -1.31. The maximum atomic E-state index is 12.9. The van der Waals surface area contributed by atoms with Gasteiger partial charge in [0.05, 0.1) is 10.5 Å². The van der Waals surface area contributed by atoms with Gasteiger partial charge in [-0.3, -0.25) is 10.1 Å². The van der Waals surface area contributed by atoms with Gasteiger partial charge in [-0.25, -0.2) is 4.39 Å². The summed E-state index contributed by atoms with van der Waals surface area (Å²) in [5, 5.41) is 23.4. The van der Waals surface area contributed by atoms with Crippen LogP contribution < -0.4 is 5.32 Å². The first-order valence-electron chi connectivity index (χ1n) is 4.40. The highest BCUT2D eigenvalue weighted by atomic mass is 19.1. The first-order valence-corrected chi connectivity index (χ1v) is 4.40. The van der Waals surface area contributed by atoms with Gasteiger partial charge in [-0.15, -0.1) is 0 Å². The molecule has 0 bridgehead atoms. The van der Waals surface area contributed by atoms with Gasteiger partial charge in [0.1, 0.15) is 11.4 Å². The highest BCUT2D eigenvalue weighted by molar-refractivity contribution is 5.45. The average Bonchev–Trinajstić information content (AvgIpc) is 2.13. The van der Waals surface area contributed by atoms with Crippen LogP contribution in [0.1, 0.15) is 5.56 Å². The van der Waals surface area contributed by atoms with Crippen LogP contribution >= 0.6 is 0 Å². The molecule has 1 saturated heterocycles. The number of aliphatic hydroxyl groups is 1. The van der Waals surface area contributed by atoms with E-state index in [1.807, 2.05) is 0 Å². The Morgan fingerprint density at radius 2 is 2.20 bits per heavy atom. The van der Waals surface area contributed by atoms with E-state index in [0.29, 0.717) is 0 Å². The van der Waals surface area contributed by atoms with E-state index in [-0.39, 0.29) is 24.3 Å². The molecule has 6 heteroatoms. The van der Waals surface area contributed by atoms with Crippen LogP contribution in [0.4, 0.5) is 10.1 Å². The fraction of sp³-hybridized carbons (Fsp3) is 0.333. The predicted octanol–water partition coefficient (Wildman–Crippen LogP) is 0.525.